The van der Waals surface area contributed by atoms with Crippen molar-refractivity contribution in [2.45, 2.75) is 52.1 Å². The molecule has 1 unspecified atom stereocenters. The second-order valence-electron chi connectivity index (χ2n) is 4.09. The molecule has 1 aromatic heterocycles. The van der Waals surface area contributed by atoms with Crippen molar-refractivity contribution in [2.24, 2.45) is 0 Å². The van der Waals surface area contributed by atoms with Gasteiger partial charge in [0.1, 0.15) is 0 Å². The van der Waals surface area contributed by atoms with E-state index >= 15 is 0 Å². The van der Waals surface area contributed by atoms with Crippen molar-refractivity contribution in [3.63, 3.8) is 0 Å². The number of hydrogen-bond acceptors (Lipinski definition) is 2. The van der Waals surface area contributed by atoms with Gasteiger partial charge in [0.25, 0.3) is 0 Å². The Labute approximate surface area is 92.4 Å². The first-order chi connectivity index (χ1) is 7.24. The minimum absolute atomic E-state index is 0.159. The van der Waals surface area contributed by atoms with Crippen molar-refractivity contribution >= 4 is 0 Å². The molecule has 15 heavy (non-hydrogen) atoms. The third-order valence-electron chi connectivity index (χ3n) is 2.70. The van der Waals surface area contributed by atoms with Gasteiger partial charge in [-0.05, 0) is 49.8 Å². The maximum atomic E-state index is 9.14. The lowest BCUT2D eigenvalue weighted by molar-refractivity contribution is 0.180. The van der Waals surface area contributed by atoms with Crippen molar-refractivity contribution in [3.8, 4) is 0 Å². The summed E-state index contributed by atoms with van der Waals surface area (Å²) in [5.41, 5.74) is 2.77. The van der Waals surface area contributed by atoms with E-state index in [4.69, 9.17) is 5.11 Å². The molecule has 0 saturated heterocycles. The van der Waals surface area contributed by atoms with Crippen LogP contribution in [0.3, 0.4) is 0 Å². The van der Waals surface area contributed by atoms with Gasteiger partial charge in [-0.25, -0.2) is 0 Å². The maximum absolute atomic E-state index is 9.14. The molecule has 0 aromatic carbocycles. The van der Waals surface area contributed by atoms with Crippen LogP contribution < -0.4 is 0 Å². The average molecular weight is 207 g/mol. The molecule has 0 fully saturated rings. The van der Waals surface area contributed by atoms with Crippen molar-refractivity contribution in [2.75, 3.05) is 0 Å². The standard InChI is InChI=1S/C13H21NO/c1-3-12-10-14-9-8-13(12)7-5-4-6-11(2)15/h8-11,15H,3-7H2,1-2H3. The molecule has 0 aliphatic carbocycles. The maximum Gasteiger partial charge on any atom is 0.0512 e. The minimum Gasteiger partial charge on any atom is -0.393 e. The van der Waals surface area contributed by atoms with Crippen LogP contribution in [-0.2, 0) is 12.8 Å². The molecule has 1 atom stereocenters. The number of aliphatic hydroxyl groups is 1. The van der Waals surface area contributed by atoms with E-state index in [0.29, 0.717) is 0 Å². The van der Waals surface area contributed by atoms with Crippen LogP contribution in [0, 0.1) is 0 Å². The first-order valence-electron chi connectivity index (χ1n) is 5.84. The molecule has 1 N–H and O–H groups in total. The molecular formula is C13H21NO. The number of aromatic nitrogens is 1. The Hall–Kier alpha value is -0.890. The Morgan fingerprint density at radius 3 is 2.80 bits per heavy atom. The van der Waals surface area contributed by atoms with E-state index in [1.54, 1.807) is 0 Å². The number of aliphatic hydroxyl groups excluding tert-OH is 1. The summed E-state index contributed by atoms with van der Waals surface area (Å²) >= 11 is 0. The SMILES string of the molecule is CCc1cnccc1CCCCC(C)O. The van der Waals surface area contributed by atoms with Gasteiger partial charge in [0.15, 0.2) is 0 Å². The molecule has 1 rings (SSSR count). The van der Waals surface area contributed by atoms with Gasteiger partial charge < -0.3 is 5.11 Å². The van der Waals surface area contributed by atoms with Crippen molar-refractivity contribution in [3.05, 3.63) is 29.6 Å². The van der Waals surface area contributed by atoms with Crippen LogP contribution in [0.25, 0.3) is 0 Å². The number of aryl methyl sites for hydroxylation is 2. The normalized spacial score (nSPS) is 12.7. The van der Waals surface area contributed by atoms with Crippen LogP contribution in [0.5, 0.6) is 0 Å². The van der Waals surface area contributed by atoms with E-state index < -0.39 is 0 Å². The summed E-state index contributed by atoms with van der Waals surface area (Å²) in [7, 11) is 0. The molecular weight excluding hydrogens is 186 g/mol. The summed E-state index contributed by atoms with van der Waals surface area (Å²) in [5.74, 6) is 0. The van der Waals surface area contributed by atoms with Crippen LogP contribution in [0.15, 0.2) is 18.5 Å². The van der Waals surface area contributed by atoms with E-state index in [1.165, 1.54) is 11.1 Å². The number of rotatable bonds is 6. The summed E-state index contributed by atoms with van der Waals surface area (Å²) in [6, 6.07) is 2.11. The summed E-state index contributed by atoms with van der Waals surface area (Å²) in [6.45, 7) is 4.01. The highest BCUT2D eigenvalue weighted by atomic mass is 16.3. The van der Waals surface area contributed by atoms with E-state index in [9.17, 15) is 0 Å². The Balaban J connectivity index is 2.36. The topological polar surface area (TPSA) is 33.1 Å². The lowest BCUT2D eigenvalue weighted by Crippen LogP contribution is -2.00. The van der Waals surface area contributed by atoms with Crippen LogP contribution >= 0.6 is 0 Å². The molecule has 0 bridgehead atoms. The number of pyridine rings is 1. The molecule has 0 saturated carbocycles. The zero-order valence-corrected chi connectivity index (χ0v) is 9.74. The zero-order chi connectivity index (χ0) is 11.1. The molecule has 1 heterocycles. The zero-order valence-electron chi connectivity index (χ0n) is 9.74. The number of nitrogens with zero attached hydrogens (tertiary/aromatic N) is 1. The van der Waals surface area contributed by atoms with Crippen molar-refractivity contribution < 1.29 is 5.11 Å². The predicted molar refractivity (Wildman–Crippen MR) is 62.9 cm³/mol. The fourth-order valence-electron chi connectivity index (χ4n) is 1.77. The van der Waals surface area contributed by atoms with Gasteiger partial charge in [-0.3, -0.25) is 4.98 Å². The molecule has 0 aliphatic heterocycles. The highest BCUT2D eigenvalue weighted by molar-refractivity contribution is 5.23. The number of unbranched alkanes of at least 4 members (excludes halogenated alkanes) is 1. The summed E-state index contributed by atoms with van der Waals surface area (Å²) in [5, 5.41) is 9.14. The van der Waals surface area contributed by atoms with Crippen LogP contribution in [0.4, 0.5) is 0 Å². The van der Waals surface area contributed by atoms with E-state index in [-0.39, 0.29) is 6.10 Å². The molecule has 0 spiro atoms. The lowest BCUT2D eigenvalue weighted by Gasteiger charge is -2.07. The Kier molecular flexibility index (Phi) is 5.33. The molecule has 2 nitrogen and oxygen atoms in total. The smallest absolute Gasteiger partial charge is 0.0512 e. The van der Waals surface area contributed by atoms with Crippen molar-refractivity contribution in [1.29, 1.82) is 0 Å². The van der Waals surface area contributed by atoms with Crippen LogP contribution in [-0.4, -0.2) is 16.2 Å². The average Bonchev–Trinajstić information content (AvgIpc) is 2.24. The van der Waals surface area contributed by atoms with E-state index in [0.717, 1.165) is 32.1 Å². The van der Waals surface area contributed by atoms with Crippen LogP contribution in [0.1, 0.15) is 44.2 Å². The first kappa shape index (κ1) is 12.2. The number of hydrogen-bond donors (Lipinski definition) is 1. The van der Waals surface area contributed by atoms with Gasteiger partial charge >= 0.3 is 0 Å². The monoisotopic (exact) mass is 207 g/mol. The highest BCUT2D eigenvalue weighted by Gasteiger charge is 2.01. The Morgan fingerprint density at radius 2 is 2.13 bits per heavy atom. The highest BCUT2D eigenvalue weighted by Crippen LogP contribution is 2.12. The predicted octanol–water partition coefficient (Wildman–Crippen LogP) is 2.74. The first-order valence-corrected chi connectivity index (χ1v) is 5.84. The minimum atomic E-state index is -0.159. The fourth-order valence-corrected chi connectivity index (χ4v) is 1.77. The lowest BCUT2D eigenvalue weighted by atomic mass is 10.0. The van der Waals surface area contributed by atoms with E-state index in [1.807, 2.05) is 19.3 Å². The van der Waals surface area contributed by atoms with Gasteiger partial charge in [0.2, 0.25) is 0 Å². The van der Waals surface area contributed by atoms with Gasteiger partial charge in [0, 0.05) is 12.4 Å². The van der Waals surface area contributed by atoms with Gasteiger partial charge in [-0.1, -0.05) is 13.3 Å². The Morgan fingerprint density at radius 1 is 1.33 bits per heavy atom. The second kappa shape index (κ2) is 6.57. The summed E-state index contributed by atoms with van der Waals surface area (Å²) in [6.07, 6.45) is 9.00. The molecule has 84 valence electrons. The van der Waals surface area contributed by atoms with Gasteiger partial charge in [-0.15, -0.1) is 0 Å². The third-order valence-corrected chi connectivity index (χ3v) is 2.70. The van der Waals surface area contributed by atoms with Gasteiger partial charge in [0.05, 0.1) is 6.10 Å². The molecule has 0 amide bonds. The molecule has 0 radical (unpaired) electrons. The summed E-state index contributed by atoms with van der Waals surface area (Å²) < 4.78 is 0. The van der Waals surface area contributed by atoms with Crippen LogP contribution in [0.2, 0.25) is 0 Å². The largest absolute Gasteiger partial charge is 0.393 e. The second-order valence-corrected chi connectivity index (χ2v) is 4.09. The van der Waals surface area contributed by atoms with Crippen molar-refractivity contribution in [1.82, 2.24) is 4.98 Å². The molecule has 2 heteroatoms. The molecule has 1 aromatic rings. The third kappa shape index (κ3) is 4.43. The quantitative estimate of drug-likeness (QED) is 0.728. The van der Waals surface area contributed by atoms with Gasteiger partial charge in [-0.2, -0.15) is 0 Å². The van der Waals surface area contributed by atoms with E-state index in [2.05, 4.69) is 18.0 Å². The Bertz CT molecular complexity index is 284. The summed E-state index contributed by atoms with van der Waals surface area (Å²) in [4.78, 5) is 4.13. The molecule has 0 aliphatic rings. The fraction of sp³-hybridized carbons (Fsp3) is 0.615.